The monoisotopic (exact) mass is 323 g/mol. The third kappa shape index (κ3) is 3.42. The van der Waals surface area contributed by atoms with E-state index >= 15 is 0 Å². The van der Waals surface area contributed by atoms with Crippen molar-refractivity contribution in [1.29, 1.82) is 0 Å². The maximum Gasteiger partial charge on any atom is 0.249 e. The Labute approximate surface area is 136 Å². The lowest BCUT2D eigenvalue weighted by atomic mass is 10.1. The largest absolute Gasteiger partial charge is 0.344 e. The van der Waals surface area contributed by atoms with E-state index in [0.717, 1.165) is 18.7 Å². The third-order valence-corrected chi connectivity index (χ3v) is 4.30. The Morgan fingerprint density at radius 1 is 1.27 bits per heavy atom. The van der Waals surface area contributed by atoms with Gasteiger partial charge in [0.2, 0.25) is 11.8 Å². The van der Waals surface area contributed by atoms with Crippen LogP contribution in [0.25, 0.3) is 0 Å². The molecule has 2 N–H and O–H groups in total. The van der Waals surface area contributed by atoms with Crippen LogP contribution in [0.15, 0.2) is 24.3 Å². The summed E-state index contributed by atoms with van der Waals surface area (Å²) in [5.74, 6) is 0.00786. The lowest BCUT2D eigenvalue weighted by Gasteiger charge is -2.18. The molecule has 0 bridgehead atoms. The number of halogens is 1. The van der Waals surface area contributed by atoms with Crippen molar-refractivity contribution in [3.63, 3.8) is 0 Å². The molecule has 2 unspecified atom stereocenters. The molecule has 0 aliphatic carbocycles. The highest BCUT2D eigenvalue weighted by molar-refractivity contribution is 6.01. The van der Waals surface area contributed by atoms with Crippen LogP contribution in [0.2, 0.25) is 0 Å². The van der Waals surface area contributed by atoms with Gasteiger partial charge in [-0.05, 0) is 38.4 Å². The zero-order valence-corrected chi connectivity index (χ0v) is 13.5. The zero-order valence-electron chi connectivity index (χ0n) is 12.7. The van der Waals surface area contributed by atoms with E-state index < -0.39 is 0 Å². The minimum absolute atomic E-state index is 0. The van der Waals surface area contributed by atoms with Gasteiger partial charge < -0.3 is 15.5 Å². The van der Waals surface area contributed by atoms with Gasteiger partial charge in [-0.1, -0.05) is 17.7 Å². The van der Waals surface area contributed by atoms with Crippen molar-refractivity contribution >= 4 is 29.9 Å². The predicted molar refractivity (Wildman–Crippen MR) is 88.3 cm³/mol. The lowest BCUT2D eigenvalue weighted by Crippen LogP contribution is -2.44. The average Bonchev–Trinajstić information content (AvgIpc) is 3.11. The second kappa shape index (κ2) is 7.11. The van der Waals surface area contributed by atoms with E-state index in [1.807, 2.05) is 31.2 Å². The first-order valence-electron chi connectivity index (χ1n) is 7.54. The van der Waals surface area contributed by atoms with Crippen molar-refractivity contribution in [3.8, 4) is 0 Å². The van der Waals surface area contributed by atoms with Gasteiger partial charge >= 0.3 is 0 Å². The standard InChI is InChI=1S/C16H21N3O2.ClH/c1-11-2-4-13(5-3-11)19-9-7-14(16(19)21)18-15(20)12-6-8-17-10-12;/h2-5,12,14,17H,6-10H2,1H3,(H,18,20);1H. The highest BCUT2D eigenvalue weighted by atomic mass is 35.5. The van der Waals surface area contributed by atoms with Gasteiger partial charge in [0, 0.05) is 18.8 Å². The molecule has 2 fully saturated rings. The van der Waals surface area contributed by atoms with Gasteiger partial charge in [-0.25, -0.2) is 0 Å². The summed E-state index contributed by atoms with van der Waals surface area (Å²) in [4.78, 5) is 26.3. The number of rotatable bonds is 3. The maximum absolute atomic E-state index is 12.4. The van der Waals surface area contributed by atoms with E-state index in [4.69, 9.17) is 0 Å². The van der Waals surface area contributed by atoms with Gasteiger partial charge in [0.1, 0.15) is 6.04 Å². The van der Waals surface area contributed by atoms with Crippen LogP contribution in [0.1, 0.15) is 18.4 Å². The second-order valence-corrected chi connectivity index (χ2v) is 5.86. The van der Waals surface area contributed by atoms with Crippen molar-refractivity contribution in [2.75, 3.05) is 24.5 Å². The molecule has 0 radical (unpaired) electrons. The normalized spacial score (nSPS) is 24.2. The number of aryl methyl sites for hydroxylation is 1. The summed E-state index contributed by atoms with van der Waals surface area (Å²) in [7, 11) is 0. The molecule has 1 aromatic rings. The third-order valence-electron chi connectivity index (χ3n) is 4.30. The molecule has 6 heteroatoms. The topological polar surface area (TPSA) is 61.4 Å². The number of hydrogen-bond donors (Lipinski definition) is 2. The van der Waals surface area contributed by atoms with Gasteiger partial charge in [0.25, 0.3) is 0 Å². The summed E-state index contributed by atoms with van der Waals surface area (Å²) < 4.78 is 0. The smallest absolute Gasteiger partial charge is 0.249 e. The molecule has 120 valence electrons. The van der Waals surface area contributed by atoms with Crippen molar-refractivity contribution in [3.05, 3.63) is 29.8 Å². The van der Waals surface area contributed by atoms with Crippen LogP contribution < -0.4 is 15.5 Å². The summed E-state index contributed by atoms with van der Waals surface area (Å²) in [6.07, 6.45) is 1.53. The fourth-order valence-corrected chi connectivity index (χ4v) is 2.96. The first-order valence-corrected chi connectivity index (χ1v) is 7.54. The Kier molecular flexibility index (Phi) is 5.42. The second-order valence-electron chi connectivity index (χ2n) is 5.86. The molecule has 2 aliphatic rings. The van der Waals surface area contributed by atoms with Crippen molar-refractivity contribution in [2.45, 2.75) is 25.8 Å². The molecule has 2 saturated heterocycles. The van der Waals surface area contributed by atoms with Crippen LogP contribution in [-0.4, -0.2) is 37.5 Å². The maximum atomic E-state index is 12.4. The summed E-state index contributed by atoms with van der Waals surface area (Å²) in [6.45, 7) is 4.28. The first-order chi connectivity index (χ1) is 10.1. The van der Waals surface area contributed by atoms with Crippen LogP contribution in [0.5, 0.6) is 0 Å². The molecule has 1 aromatic carbocycles. The van der Waals surface area contributed by atoms with Crippen molar-refractivity contribution < 1.29 is 9.59 Å². The molecular weight excluding hydrogens is 302 g/mol. The van der Waals surface area contributed by atoms with Crippen LogP contribution in [0, 0.1) is 12.8 Å². The minimum atomic E-state index is -0.376. The molecule has 0 saturated carbocycles. The number of carbonyl (C=O) groups excluding carboxylic acids is 2. The first kappa shape index (κ1) is 16.8. The number of anilines is 1. The van der Waals surface area contributed by atoms with Crippen LogP contribution >= 0.6 is 12.4 Å². The lowest BCUT2D eigenvalue weighted by molar-refractivity contribution is -0.128. The van der Waals surface area contributed by atoms with E-state index in [1.165, 1.54) is 5.56 Å². The van der Waals surface area contributed by atoms with E-state index in [-0.39, 0.29) is 36.2 Å². The zero-order chi connectivity index (χ0) is 14.8. The summed E-state index contributed by atoms with van der Waals surface area (Å²) in [5.41, 5.74) is 2.08. The summed E-state index contributed by atoms with van der Waals surface area (Å²) >= 11 is 0. The van der Waals surface area contributed by atoms with E-state index in [9.17, 15) is 9.59 Å². The number of amides is 2. The molecule has 2 aliphatic heterocycles. The van der Waals surface area contributed by atoms with Gasteiger partial charge in [-0.2, -0.15) is 0 Å². The fraction of sp³-hybridized carbons (Fsp3) is 0.500. The highest BCUT2D eigenvalue weighted by Crippen LogP contribution is 2.22. The molecule has 2 heterocycles. The number of carbonyl (C=O) groups is 2. The predicted octanol–water partition coefficient (Wildman–Crippen LogP) is 1.25. The minimum Gasteiger partial charge on any atom is -0.344 e. The Hall–Kier alpha value is -1.59. The summed E-state index contributed by atoms with van der Waals surface area (Å²) in [5, 5.41) is 6.08. The van der Waals surface area contributed by atoms with Crippen molar-refractivity contribution in [1.82, 2.24) is 10.6 Å². The Balaban J connectivity index is 0.00000176. The number of hydrogen-bond acceptors (Lipinski definition) is 3. The van der Waals surface area contributed by atoms with E-state index in [0.29, 0.717) is 19.5 Å². The molecule has 0 spiro atoms. The molecule has 2 amide bonds. The average molecular weight is 324 g/mol. The number of nitrogens with one attached hydrogen (secondary N) is 2. The highest BCUT2D eigenvalue weighted by Gasteiger charge is 2.35. The number of benzene rings is 1. The molecule has 2 atom stereocenters. The Bertz CT molecular complexity index is 541. The molecule has 22 heavy (non-hydrogen) atoms. The van der Waals surface area contributed by atoms with Crippen LogP contribution in [0.3, 0.4) is 0 Å². The molecular formula is C16H22ClN3O2. The fourth-order valence-electron chi connectivity index (χ4n) is 2.96. The van der Waals surface area contributed by atoms with E-state index in [1.54, 1.807) is 4.90 Å². The SMILES string of the molecule is Cc1ccc(N2CCC(NC(=O)C3CCNC3)C2=O)cc1.Cl. The van der Waals surface area contributed by atoms with E-state index in [2.05, 4.69) is 10.6 Å². The molecule has 0 aromatic heterocycles. The van der Waals surface area contributed by atoms with Crippen LogP contribution in [-0.2, 0) is 9.59 Å². The Morgan fingerprint density at radius 3 is 2.64 bits per heavy atom. The van der Waals surface area contributed by atoms with Gasteiger partial charge in [-0.3, -0.25) is 9.59 Å². The number of nitrogens with zero attached hydrogens (tertiary/aromatic N) is 1. The Morgan fingerprint density at radius 2 is 2.00 bits per heavy atom. The molecule has 3 rings (SSSR count). The quantitative estimate of drug-likeness (QED) is 0.880. The van der Waals surface area contributed by atoms with Gasteiger partial charge in [-0.15, -0.1) is 12.4 Å². The summed E-state index contributed by atoms with van der Waals surface area (Å²) in [6, 6.07) is 7.54. The van der Waals surface area contributed by atoms with Crippen molar-refractivity contribution in [2.24, 2.45) is 5.92 Å². The van der Waals surface area contributed by atoms with Gasteiger partial charge in [0.15, 0.2) is 0 Å². The van der Waals surface area contributed by atoms with Gasteiger partial charge in [0.05, 0.1) is 5.92 Å². The van der Waals surface area contributed by atoms with Crippen LogP contribution in [0.4, 0.5) is 5.69 Å². The molecule has 5 nitrogen and oxygen atoms in total.